The number of nitrogens with two attached hydrogens (primary N) is 1. The third-order valence-corrected chi connectivity index (χ3v) is 2.34. The molecule has 2 rings (SSSR count). The highest BCUT2D eigenvalue weighted by molar-refractivity contribution is 6.34. The minimum atomic E-state index is -1.09. The second-order valence-corrected chi connectivity index (χ2v) is 3.57. The lowest BCUT2D eigenvalue weighted by Gasteiger charge is -2.02. The molecule has 1 aromatic rings. The minimum Gasteiger partial charge on any atom is -0.454 e. The van der Waals surface area contributed by atoms with E-state index in [1.54, 1.807) is 25.1 Å². The van der Waals surface area contributed by atoms with Crippen LogP contribution >= 0.6 is 0 Å². The lowest BCUT2D eigenvalue weighted by molar-refractivity contribution is -0.137. The van der Waals surface area contributed by atoms with Crippen molar-refractivity contribution in [2.45, 2.75) is 6.92 Å². The summed E-state index contributed by atoms with van der Waals surface area (Å²) in [6.07, 6.45) is 0. The molecular weight excluding hydrogens is 238 g/mol. The van der Waals surface area contributed by atoms with Crippen LogP contribution in [0.1, 0.15) is 12.5 Å². The zero-order valence-corrected chi connectivity index (χ0v) is 9.60. The molecule has 0 unspecified atom stereocenters. The standard InChI is InChI=1S/C11H11N3O4/c1-6(13-14-11(16)10(12)15)7-2-3-8-9(4-7)18-5-17-8/h2-4H,5H2,1H3,(H2,12,15)(H,14,16)/b13-6+. The Kier molecular flexibility index (Phi) is 3.13. The maximum Gasteiger partial charge on any atom is 0.329 e. The fourth-order valence-electron chi connectivity index (χ4n) is 1.38. The van der Waals surface area contributed by atoms with Crippen LogP contribution in [0.2, 0.25) is 0 Å². The van der Waals surface area contributed by atoms with Crippen LogP contribution in [0.4, 0.5) is 0 Å². The van der Waals surface area contributed by atoms with Gasteiger partial charge in [0.15, 0.2) is 11.5 Å². The summed E-state index contributed by atoms with van der Waals surface area (Å²) in [5, 5.41) is 3.76. The number of benzene rings is 1. The van der Waals surface area contributed by atoms with Crippen molar-refractivity contribution in [1.82, 2.24) is 5.43 Å². The number of hydrogen-bond acceptors (Lipinski definition) is 5. The van der Waals surface area contributed by atoms with E-state index < -0.39 is 11.8 Å². The number of ether oxygens (including phenoxy) is 2. The predicted molar refractivity (Wildman–Crippen MR) is 62.1 cm³/mol. The third kappa shape index (κ3) is 2.40. The van der Waals surface area contributed by atoms with E-state index in [1.165, 1.54) is 0 Å². The van der Waals surface area contributed by atoms with Gasteiger partial charge in [0.25, 0.3) is 0 Å². The van der Waals surface area contributed by atoms with Crippen molar-refractivity contribution in [3.8, 4) is 11.5 Å². The highest BCUT2D eigenvalue weighted by atomic mass is 16.7. The van der Waals surface area contributed by atoms with Crippen molar-refractivity contribution in [3.05, 3.63) is 23.8 Å². The molecule has 7 nitrogen and oxygen atoms in total. The largest absolute Gasteiger partial charge is 0.454 e. The number of hydrazone groups is 1. The van der Waals surface area contributed by atoms with E-state index in [9.17, 15) is 9.59 Å². The van der Waals surface area contributed by atoms with Gasteiger partial charge in [0.05, 0.1) is 5.71 Å². The second kappa shape index (κ2) is 4.74. The van der Waals surface area contributed by atoms with E-state index in [1.807, 2.05) is 0 Å². The fraction of sp³-hybridized carbons (Fsp3) is 0.182. The molecule has 0 saturated heterocycles. The Balaban J connectivity index is 2.13. The summed E-state index contributed by atoms with van der Waals surface area (Å²) in [6, 6.07) is 5.24. The number of carbonyl (C=O) groups excluding carboxylic acids is 2. The first-order chi connectivity index (χ1) is 8.58. The van der Waals surface area contributed by atoms with Crippen LogP contribution in [0.5, 0.6) is 11.5 Å². The van der Waals surface area contributed by atoms with Crippen LogP contribution in [-0.2, 0) is 9.59 Å². The Morgan fingerprint density at radius 2 is 2.06 bits per heavy atom. The third-order valence-electron chi connectivity index (χ3n) is 2.34. The van der Waals surface area contributed by atoms with Gasteiger partial charge in [-0.25, -0.2) is 5.43 Å². The molecule has 1 aliphatic rings. The van der Waals surface area contributed by atoms with Crippen molar-refractivity contribution in [2.24, 2.45) is 10.8 Å². The minimum absolute atomic E-state index is 0.188. The van der Waals surface area contributed by atoms with E-state index in [0.717, 1.165) is 5.56 Å². The Bertz CT molecular complexity index is 539. The Hall–Kier alpha value is -2.57. The normalized spacial score (nSPS) is 13.3. The molecule has 0 aliphatic carbocycles. The maximum absolute atomic E-state index is 10.9. The Morgan fingerprint density at radius 1 is 1.33 bits per heavy atom. The van der Waals surface area contributed by atoms with Gasteiger partial charge in [0.2, 0.25) is 6.79 Å². The number of nitrogens with one attached hydrogen (secondary N) is 1. The van der Waals surface area contributed by atoms with Crippen LogP contribution in [0.25, 0.3) is 0 Å². The van der Waals surface area contributed by atoms with E-state index in [-0.39, 0.29) is 6.79 Å². The number of rotatable bonds is 2. The number of fused-ring (bicyclic) bond motifs is 1. The molecule has 0 spiro atoms. The van der Waals surface area contributed by atoms with E-state index in [0.29, 0.717) is 17.2 Å². The number of primary amides is 1. The van der Waals surface area contributed by atoms with Crippen LogP contribution < -0.4 is 20.6 Å². The summed E-state index contributed by atoms with van der Waals surface area (Å²) in [6.45, 7) is 1.87. The lowest BCUT2D eigenvalue weighted by atomic mass is 10.1. The van der Waals surface area contributed by atoms with Gasteiger partial charge in [-0.3, -0.25) is 9.59 Å². The van der Waals surface area contributed by atoms with Gasteiger partial charge >= 0.3 is 11.8 Å². The molecule has 94 valence electrons. The summed E-state index contributed by atoms with van der Waals surface area (Å²) in [4.78, 5) is 21.4. The lowest BCUT2D eigenvalue weighted by Crippen LogP contribution is -2.33. The molecule has 0 bridgehead atoms. The first kappa shape index (κ1) is 11.9. The average Bonchev–Trinajstić information content (AvgIpc) is 2.82. The van der Waals surface area contributed by atoms with Crippen LogP contribution in [0, 0.1) is 0 Å². The molecule has 0 aromatic heterocycles. The highest BCUT2D eigenvalue weighted by Gasteiger charge is 2.14. The molecule has 0 fully saturated rings. The molecule has 18 heavy (non-hydrogen) atoms. The number of hydrogen-bond donors (Lipinski definition) is 2. The summed E-state index contributed by atoms with van der Waals surface area (Å²) in [5.74, 6) is -0.775. The molecular formula is C11H11N3O4. The Labute approximate surface area is 103 Å². The second-order valence-electron chi connectivity index (χ2n) is 3.57. The summed E-state index contributed by atoms with van der Waals surface area (Å²) >= 11 is 0. The van der Waals surface area contributed by atoms with Gasteiger partial charge < -0.3 is 15.2 Å². The summed E-state index contributed by atoms with van der Waals surface area (Å²) in [5.41, 5.74) is 8.08. The quantitative estimate of drug-likeness (QED) is 0.428. The molecule has 7 heteroatoms. The molecule has 0 radical (unpaired) electrons. The number of amides is 2. The molecule has 3 N–H and O–H groups in total. The molecule has 0 atom stereocenters. The monoisotopic (exact) mass is 249 g/mol. The SMILES string of the molecule is C/C(=N\NC(=O)C(N)=O)c1ccc2c(c1)OCO2. The van der Waals surface area contributed by atoms with E-state index in [4.69, 9.17) is 15.2 Å². The average molecular weight is 249 g/mol. The van der Waals surface area contributed by atoms with Gasteiger partial charge in [-0.2, -0.15) is 5.10 Å². The Morgan fingerprint density at radius 3 is 2.78 bits per heavy atom. The van der Waals surface area contributed by atoms with Crippen molar-refractivity contribution in [1.29, 1.82) is 0 Å². The smallest absolute Gasteiger partial charge is 0.329 e. The van der Waals surface area contributed by atoms with Crippen molar-refractivity contribution in [3.63, 3.8) is 0 Å². The topological polar surface area (TPSA) is 103 Å². The van der Waals surface area contributed by atoms with Gasteiger partial charge in [0.1, 0.15) is 0 Å². The maximum atomic E-state index is 10.9. The highest BCUT2D eigenvalue weighted by Crippen LogP contribution is 2.32. The zero-order chi connectivity index (χ0) is 13.1. The number of nitrogens with zero attached hydrogens (tertiary/aromatic N) is 1. The fourth-order valence-corrected chi connectivity index (χ4v) is 1.38. The van der Waals surface area contributed by atoms with Gasteiger partial charge in [-0.1, -0.05) is 0 Å². The van der Waals surface area contributed by atoms with Gasteiger partial charge in [-0.15, -0.1) is 0 Å². The molecule has 0 saturated carbocycles. The van der Waals surface area contributed by atoms with Crippen LogP contribution in [0.3, 0.4) is 0 Å². The number of carbonyl (C=O) groups is 2. The predicted octanol–water partition coefficient (Wildman–Crippen LogP) is -0.259. The van der Waals surface area contributed by atoms with Crippen molar-refractivity contribution in [2.75, 3.05) is 6.79 Å². The first-order valence-corrected chi connectivity index (χ1v) is 5.12. The van der Waals surface area contributed by atoms with E-state index in [2.05, 4.69) is 10.5 Å². The van der Waals surface area contributed by atoms with E-state index >= 15 is 0 Å². The molecule has 1 heterocycles. The van der Waals surface area contributed by atoms with Crippen LogP contribution in [-0.4, -0.2) is 24.3 Å². The summed E-state index contributed by atoms with van der Waals surface area (Å²) in [7, 11) is 0. The summed E-state index contributed by atoms with van der Waals surface area (Å²) < 4.78 is 10.4. The molecule has 1 aliphatic heterocycles. The van der Waals surface area contributed by atoms with Gasteiger partial charge in [-0.05, 0) is 25.1 Å². The molecule has 1 aromatic carbocycles. The van der Waals surface area contributed by atoms with Crippen molar-refractivity contribution >= 4 is 17.5 Å². The molecule has 2 amide bonds. The van der Waals surface area contributed by atoms with Crippen molar-refractivity contribution < 1.29 is 19.1 Å². The van der Waals surface area contributed by atoms with Crippen LogP contribution in [0.15, 0.2) is 23.3 Å². The first-order valence-electron chi connectivity index (χ1n) is 5.12. The van der Waals surface area contributed by atoms with Gasteiger partial charge in [0, 0.05) is 5.56 Å². The zero-order valence-electron chi connectivity index (χ0n) is 9.60.